The molecule has 1 heterocycles. The lowest BCUT2D eigenvalue weighted by Crippen LogP contribution is -2.51. The molecule has 0 saturated carbocycles. The van der Waals surface area contributed by atoms with Crippen LogP contribution in [0.25, 0.3) is 0 Å². The molecule has 8 heteroatoms. The smallest absolute Gasteiger partial charge is 0.329 e. The maximum Gasteiger partial charge on any atom is 0.329 e. The topological polar surface area (TPSA) is 108 Å². The largest absolute Gasteiger partial charge is 0.480 e. The Kier molecular flexibility index (Phi) is 6.96. The summed E-state index contributed by atoms with van der Waals surface area (Å²) in [4.78, 5) is 35.3. The Labute approximate surface area is 117 Å². The number of carbonyl (C=O) groups excluding carboxylic acids is 2. The highest BCUT2D eigenvalue weighted by Gasteiger charge is 2.20. The predicted octanol–water partition coefficient (Wildman–Crippen LogP) is -0.602. The molecule has 0 spiro atoms. The normalized spacial score (nSPS) is 19.4. The van der Waals surface area contributed by atoms with Gasteiger partial charge in [-0.25, -0.2) is 9.59 Å². The molecule has 1 atom stereocenters. The standard InChI is InChI=1S/C12H21N3O5/c1-2-15-5-3-4-9(6-15)13-12(19)14-10(16)7-20-8-11(17)18/h9H,2-8H2,1H3,(H,17,18)(H2,13,14,16,19). The number of carbonyl (C=O) groups is 3. The number of ether oxygens (including phenoxy) is 1. The number of hydrogen-bond acceptors (Lipinski definition) is 5. The number of likely N-dealkylation sites (N-methyl/N-ethyl adjacent to an activating group) is 1. The van der Waals surface area contributed by atoms with Crippen LogP contribution in [-0.4, -0.2) is 66.8 Å². The highest BCUT2D eigenvalue weighted by molar-refractivity contribution is 5.95. The fourth-order valence-electron chi connectivity index (χ4n) is 2.08. The minimum Gasteiger partial charge on any atom is -0.480 e. The molecule has 0 aliphatic carbocycles. The second-order valence-electron chi connectivity index (χ2n) is 4.64. The van der Waals surface area contributed by atoms with Gasteiger partial charge in [0, 0.05) is 12.6 Å². The summed E-state index contributed by atoms with van der Waals surface area (Å²) in [6.07, 6.45) is 1.89. The lowest BCUT2D eigenvalue weighted by Gasteiger charge is -2.32. The van der Waals surface area contributed by atoms with Crippen molar-refractivity contribution in [2.75, 3.05) is 32.8 Å². The maximum atomic E-state index is 11.6. The number of likely N-dealkylation sites (tertiary alicyclic amines) is 1. The van der Waals surface area contributed by atoms with Crippen LogP contribution in [0.1, 0.15) is 19.8 Å². The van der Waals surface area contributed by atoms with Gasteiger partial charge in [-0.15, -0.1) is 0 Å². The zero-order valence-corrected chi connectivity index (χ0v) is 11.6. The molecule has 1 saturated heterocycles. The van der Waals surface area contributed by atoms with Crippen molar-refractivity contribution in [3.63, 3.8) is 0 Å². The van der Waals surface area contributed by atoms with E-state index < -0.39 is 31.1 Å². The van der Waals surface area contributed by atoms with E-state index in [0.717, 1.165) is 32.5 Å². The number of urea groups is 1. The Hall–Kier alpha value is -1.67. The molecule has 8 nitrogen and oxygen atoms in total. The molecule has 1 fully saturated rings. The summed E-state index contributed by atoms with van der Waals surface area (Å²) < 4.78 is 4.58. The van der Waals surface area contributed by atoms with Crippen LogP contribution in [0, 0.1) is 0 Å². The molecule has 0 bridgehead atoms. The molecule has 1 unspecified atom stereocenters. The van der Waals surface area contributed by atoms with Crippen molar-refractivity contribution in [1.82, 2.24) is 15.5 Å². The maximum absolute atomic E-state index is 11.6. The average molecular weight is 287 g/mol. The van der Waals surface area contributed by atoms with Crippen molar-refractivity contribution in [1.29, 1.82) is 0 Å². The van der Waals surface area contributed by atoms with E-state index in [2.05, 4.69) is 27.2 Å². The van der Waals surface area contributed by atoms with E-state index in [0.29, 0.717) is 0 Å². The van der Waals surface area contributed by atoms with Crippen molar-refractivity contribution in [2.24, 2.45) is 0 Å². The summed E-state index contributed by atoms with van der Waals surface area (Å²) >= 11 is 0. The quantitative estimate of drug-likeness (QED) is 0.602. The third-order valence-corrected chi connectivity index (χ3v) is 3.00. The lowest BCUT2D eigenvalue weighted by atomic mass is 10.1. The summed E-state index contributed by atoms with van der Waals surface area (Å²) in [5, 5.41) is 13.2. The third-order valence-electron chi connectivity index (χ3n) is 3.00. The van der Waals surface area contributed by atoms with Crippen LogP contribution in [0.5, 0.6) is 0 Å². The fourth-order valence-corrected chi connectivity index (χ4v) is 2.08. The van der Waals surface area contributed by atoms with Crippen molar-refractivity contribution in [2.45, 2.75) is 25.8 Å². The first-order chi connectivity index (χ1) is 9.51. The van der Waals surface area contributed by atoms with Gasteiger partial charge in [-0.1, -0.05) is 6.92 Å². The van der Waals surface area contributed by atoms with Gasteiger partial charge in [-0.05, 0) is 25.9 Å². The molecular weight excluding hydrogens is 266 g/mol. The van der Waals surface area contributed by atoms with Crippen molar-refractivity contribution in [3.8, 4) is 0 Å². The molecular formula is C12H21N3O5. The molecule has 1 aliphatic rings. The van der Waals surface area contributed by atoms with Gasteiger partial charge in [-0.2, -0.15) is 0 Å². The molecule has 3 N–H and O–H groups in total. The van der Waals surface area contributed by atoms with E-state index in [1.807, 2.05) is 0 Å². The minimum absolute atomic E-state index is 0.0245. The van der Waals surface area contributed by atoms with E-state index >= 15 is 0 Å². The van der Waals surface area contributed by atoms with E-state index in [1.165, 1.54) is 0 Å². The first-order valence-electron chi connectivity index (χ1n) is 6.63. The minimum atomic E-state index is -1.16. The second kappa shape index (κ2) is 8.49. The third kappa shape index (κ3) is 6.48. The Morgan fingerprint density at radius 2 is 2.10 bits per heavy atom. The molecule has 0 radical (unpaired) electrons. The summed E-state index contributed by atoms with van der Waals surface area (Å²) in [6.45, 7) is 3.77. The van der Waals surface area contributed by atoms with Crippen molar-refractivity contribution >= 4 is 17.9 Å². The summed E-state index contributed by atoms with van der Waals surface area (Å²) in [5.41, 5.74) is 0. The first kappa shape index (κ1) is 16.4. The summed E-state index contributed by atoms with van der Waals surface area (Å²) in [6, 6.07) is -0.548. The van der Waals surface area contributed by atoms with E-state index in [9.17, 15) is 14.4 Å². The molecule has 0 aromatic carbocycles. The SMILES string of the molecule is CCN1CCCC(NC(=O)NC(=O)COCC(=O)O)C1. The average Bonchev–Trinajstić information content (AvgIpc) is 2.38. The highest BCUT2D eigenvalue weighted by atomic mass is 16.5. The van der Waals surface area contributed by atoms with Gasteiger partial charge in [-0.3, -0.25) is 10.1 Å². The van der Waals surface area contributed by atoms with Crippen molar-refractivity contribution < 1.29 is 24.2 Å². The number of rotatable bonds is 6. The first-order valence-corrected chi connectivity index (χ1v) is 6.63. The fraction of sp³-hybridized carbons (Fsp3) is 0.750. The Balaban J connectivity index is 2.21. The van der Waals surface area contributed by atoms with Gasteiger partial charge in [0.15, 0.2) is 0 Å². The molecule has 1 rings (SSSR count). The van der Waals surface area contributed by atoms with Gasteiger partial charge in [0.25, 0.3) is 5.91 Å². The lowest BCUT2D eigenvalue weighted by molar-refractivity contribution is -0.143. The molecule has 0 aromatic heterocycles. The number of hydrogen-bond donors (Lipinski definition) is 3. The van der Waals surface area contributed by atoms with Crippen LogP contribution < -0.4 is 10.6 Å². The zero-order valence-electron chi connectivity index (χ0n) is 11.6. The van der Waals surface area contributed by atoms with E-state index in [-0.39, 0.29) is 6.04 Å². The molecule has 3 amide bonds. The summed E-state index contributed by atoms with van der Waals surface area (Å²) in [7, 11) is 0. The van der Waals surface area contributed by atoms with Gasteiger partial charge < -0.3 is 20.1 Å². The van der Waals surface area contributed by atoms with E-state index in [4.69, 9.17) is 5.11 Å². The van der Waals surface area contributed by atoms with Crippen LogP contribution >= 0.6 is 0 Å². The Morgan fingerprint density at radius 1 is 1.35 bits per heavy atom. The van der Waals surface area contributed by atoms with Gasteiger partial charge in [0.1, 0.15) is 13.2 Å². The number of nitrogens with one attached hydrogen (secondary N) is 2. The van der Waals surface area contributed by atoms with Gasteiger partial charge in [0.05, 0.1) is 0 Å². The number of carboxylic acids is 1. The van der Waals surface area contributed by atoms with Gasteiger partial charge >= 0.3 is 12.0 Å². The number of amides is 3. The van der Waals surface area contributed by atoms with Crippen LogP contribution in [0.4, 0.5) is 4.79 Å². The van der Waals surface area contributed by atoms with Crippen molar-refractivity contribution in [3.05, 3.63) is 0 Å². The monoisotopic (exact) mass is 287 g/mol. The van der Waals surface area contributed by atoms with Gasteiger partial charge in [0.2, 0.25) is 0 Å². The number of carboxylic acid groups (broad SMARTS) is 1. The van der Waals surface area contributed by atoms with Crippen LogP contribution in [0.3, 0.4) is 0 Å². The Morgan fingerprint density at radius 3 is 2.75 bits per heavy atom. The number of aliphatic carboxylic acids is 1. The number of piperidine rings is 1. The molecule has 114 valence electrons. The van der Waals surface area contributed by atoms with E-state index in [1.54, 1.807) is 0 Å². The number of nitrogens with zero attached hydrogens (tertiary/aromatic N) is 1. The number of imide groups is 1. The molecule has 0 aromatic rings. The van der Waals surface area contributed by atoms with Crippen LogP contribution in [0.15, 0.2) is 0 Å². The van der Waals surface area contributed by atoms with Crippen LogP contribution in [0.2, 0.25) is 0 Å². The second-order valence-corrected chi connectivity index (χ2v) is 4.64. The molecule has 20 heavy (non-hydrogen) atoms. The summed E-state index contributed by atoms with van der Waals surface area (Å²) in [5.74, 6) is -1.82. The Bertz CT molecular complexity index is 361. The highest BCUT2D eigenvalue weighted by Crippen LogP contribution is 2.09. The van der Waals surface area contributed by atoms with Crippen LogP contribution in [-0.2, 0) is 14.3 Å². The molecule has 1 aliphatic heterocycles. The zero-order chi connectivity index (χ0) is 15.0. The predicted molar refractivity (Wildman–Crippen MR) is 70.3 cm³/mol.